The first kappa shape index (κ1) is 16.0. The SMILES string of the molecule is COc1cc(OC)c(Nc2cc(Cl)nc(SC)n2)cc1Cl. The number of halogens is 2. The molecule has 21 heavy (non-hydrogen) atoms. The number of anilines is 2. The Hall–Kier alpha value is -1.37. The van der Waals surface area contributed by atoms with Crippen molar-refractivity contribution in [1.82, 2.24) is 9.97 Å². The van der Waals surface area contributed by atoms with E-state index < -0.39 is 0 Å². The zero-order valence-electron chi connectivity index (χ0n) is 11.6. The van der Waals surface area contributed by atoms with Crippen molar-refractivity contribution >= 4 is 46.5 Å². The van der Waals surface area contributed by atoms with Crippen LogP contribution in [0.5, 0.6) is 11.5 Å². The lowest BCUT2D eigenvalue weighted by Crippen LogP contribution is -1.99. The van der Waals surface area contributed by atoms with Crippen LogP contribution in [-0.2, 0) is 0 Å². The Labute approximate surface area is 137 Å². The van der Waals surface area contributed by atoms with Gasteiger partial charge < -0.3 is 14.8 Å². The van der Waals surface area contributed by atoms with Gasteiger partial charge in [-0.2, -0.15) is 0 Å². The second-order valence-electron chi connectivity index (χ2n) is 3.87. The molecule has 0 aliphatic heterocycles. The minimum Gasteiger partial charge on any atom is -0.495 e. The van der Waals surface area contributed by atoms with Crippen LogP contribution in [0.3, 0.4) is 0 Å². The summed E-state index contributed by atoms with van der Waals surface area (Å²) in [4.78, 5) is 8.40. The van der Waals surface area contributed by atoms with Gasteiger partial charge in [-0.25, -0.2) is 9.97 Å². The zero-order chi connectivity index (χ0) is 15.4. The van der Waals surface area contributed by atoms with Crippen molar-refractivity contribution in [3.05, 3.63) is 28.4 Å². The third kappa shape index (κ3) is 3.84. The van der Waals surface area contributed by atoms with Gasteiger partial charge in [-0.3, -0.25) is 0 Å². The fraction of sp³-hybridized carbons (Fsp3) is 0.231. The first-order valence-corrected chi connectivity index (χ1v) is 7.82. The van der Waals surface area contributed by atoms with Crippen LogP contribution in [0.2, 0.25) is 10.2 Å². The van der Waals surface area contributed by atoms with E-state index in [1.807, 2.05) is 6.26 Å². The second kappa shape index (κ2) is 7.06. The lowest BCUT2D eigenvalue weighted by Gasteiger charge is -2.13. The number of hydrogen-bond acceptors (Lipinski definition) is 6. The first-order chi connectivity index (χ1) is 10.1. The van der Waals surface area contributed by atoms with E-state index in [-0.39, 0.29) is 0 Å². The lowest BCUT2D eigenvalue weighted by molar-refractivity contribution is 0.396. The van der Waals surface area contributed by atoms with Crippen LogP contribution in [0.15, 0.2) is 23.4 Å². The second-order valence-corrected chi connectivity index (χ2v) is 5.44. The molecule has 0 saturated heterocycles. The summed E-state index contributed by atoms with van der Waals surface area (Å²) < 4.78 is 10.5. The third-order valence-corrected chi connectivity index (χ3v) is 3.63. The van der Waals surface area contributed by atoms with Crippen molar-refractivity contribution in [2.45, 2.75) is 5.16 Å². The summed E-state index contributed by atoms with van der Waals surface area (Å²) in [5.74, 6) is 1.67. The van der Waals surface area contributed by atoms with E-state index >= 15 is 0 Å². The third-order valence-electron chi connectivity index (χ3n) is 2.59. The quantitative estimate of drug-likeness (QED) is 0.496. The zero-order valence-corrected chi connectivity index (χ0v) is 13.9. The maximum absolute atomic E-state index is 6.13. The summed E-state index contributed by atoms with van der Waals surface area (Å²) >= 11 is 13.5. The minimum absolute atomic E-state index is 0.357. The number of rotatable bonds is 5. The molecule has 0 radical (unpaired) electrons. The molecular formula is C13H13Cl2N3O2S. The number of nitrogens with one attached hydrogen (secondary N) is 1. The van der Waals surface area contributed by atoms with Crippen molar-refractivity contribution < 1.29 is 9.47 Å². The summed E-state index contributed by atoms with van der Waals surface area (Å²) in [6.45, 7) is 0. The van der Waals surface area contributed by atoms with E-state index in [9.17, 15) is 0 Å². The van der Waals surface area contributed by atoms with E-state index in [2.05, 4.69) is 15.3 Å². The van der Waals surface area contributed by atoms with Crippen molar-refractivity contribution in [2.75, 3.05) is 25.8 Å². The molecule has 0 spiro atoms. The average Bonchev–Trinajstić information content (AvgIpc) is 2.47. The van der Waals surface area contributed by atoms with Gasteiger partial charge in [-0.15, -0.1) is 0 Å². The van der Waals surface area contributed by atoms with Gasteiger partial charge >= 0.3 is 0 Å². The largest absolute Gasteiger partial charge is 0.495 e. The van der Waals surface area contributed by atoms with Gasteiger partial charge in [-0.1, -0.05) is 35.0 Å². The summed E-state index contributed by atoms with van der Waals surface area (Å²) in [5, 5.41) is 4.51. The number of benzene rings is 1. The van der Waals surface area contributed by atoms with Crippen LogP contribution in [0, 0.1) is 0 Å². The Kier molecular flexibility index (Phi) is 5.39. The molecule has 0 amide bonds. The number of aromatic nitrogens is 2. The molecule has 0 atom stereocenters. The molecule has 8 heteroatoms. The lowest BCUT2D eigenvalue weighted by atomic mass is 10.2. The van der Waals surface area contributed by atoms with Gasteiger partial charge in [0.2, 0.25) is 0 Å². The normalized spacial score (nSPS) is 10.3. The fourth-order valence-electron chi connectivity index (χ4n) is 1.65. The number of nitrogens with zero attached hydrogens (tertiary/aromatic N) is 2. The maximum Gasteiger partial charge on any atom is 0.190 e. The number of ether oxygens (including phenoxy) is 2. The maximum atomic E-state index is 6.13. The van der Waals surface area contributed by atoms with Crippen LogP contribution in [0.4, 0.5) is 11.5 Å². The van der Waals surface area contributed by atoms with Crippen LogP contribution >= 0.6 is 35.0 Å². The van der Waals surface area contributed by atoms with Gasteiger partial charge in [0.25, 0.3) is 0 Å². The number of thioether (sulfide) groups is 1. The Morgan fingerprint density at radius 3 is 2.38 bits per heavy atom. The molecule has 1 heterocycles. The highest BCUT2D eigenvalue weighted by atomic mass is 35.5. The van der Waals surface area contributed by atoms with E-state index in [1.54, 1.807) is 32.4 Å². The van der Waals surface area contributed by atoms with Crippen molar-refractivity contribution in [2.24, 2.45) is 0 Å². The Morgan fingerprint density at radius 1 is 1.05 bits per heavy atom. The molecule has 0 fully saturated rings. The van der Waals surface area contributed by atoms with Crippen LogP contribution < -0.4 is 14.8 Å². The van der Waals surface area contributed by atoms with Crippen molar-refractivity contribution in [1.29, 1.82) is 0 Å². The first-order valence-electron chi connectivity index (χ1n) is 5.84. The molecule has 1 aromatic carbocycles. The molecule has 0 aliphatic carbocycles. The molecule has 0 unspecified atom stereocenters. The number of hydrogen-bond donors (Lipinski definition) is 1. The van der Waals surface area contributed by atoms with Gasteiger partial charge in [-0.05, 0) is 12.3 Å². The van der Waals surface area contributed by atoms with E-state index in [0.29, 0.717) is 38.3 Å². The van der Waals surface area contributed by atoms with Gasteiger partial charge in [0.1, 0.15) is 22.5 Å². The number of methoxy groups -OCH3 is 2. The highest BCUT2D eigenvalue weighted by molar-refractivity contribution is 7.98. The molecular weight excluding hydrogens is 333 g/mol. The van der Waals surface area contributed by atoms with E-state index in [4.69, 9.17) is 32.7 Å². The van der Waals surface area contributed by atoms with Crippen molar-refractivity contribution in [3.63, 3.8) is 0 Å². The highest BCUT2D eigenvalue weighted by Gasteiger charge is 2.11. The average molecular weight is 346 g/mol. The summed E-state index contributed by atoms with van der Waals surface area (Å²) in [5.41, 5.74) is 0.658. The molecule has 1 N–H and O–H groups in total. The van der Waals surface area contributed by atoms with Gasteiger partial charge in [0.05, 0.1) is 24.9 Å². The molecule has 2 aromatic rings. The van der Waals surface area contributed by atoms with Gasteiger partial charge in [0, 0.05) is 12.1 Å². The molecule has 112 valence electrons. The monoisotopic (exact) mass is 345 g/mol. The highest BCUT2D eigenvalue weighted by Crippen LogP contribution is 2.37. The fourth-order valence-corrected chi connectivity index (χ4v) is 2.50. The van der Waals surface area contributed by atoms with Crippen molar-refractivity contribution in [3.8, 4) is 11.5 Å². The molecule has 0 aliphatic rings. The van der Waals surface area contributed by atoms with Gasteiger partial charge in [0.15, 0.2) is 5.16 Å². The predicted octanol–water partition coefficient (Wildman–Crippen LogP) is 4.27. The smallest absolute Gasteiger partial charge is 0.190 e. The van der Waals surface area contributed by atoms with Crippen LogP contribution in [-0.4, -0.2) is 30.4 Å². The Bertz CT molecular complexity index is 656. The van der Waals surface area contributed by atoms with E-state index in [1.165, 1.54) is 11.8 Å². The standard InChI is InChI=1S/C13H13Cl2N3O2S/c1-19-9-5-10(20-2)8(4-7(9)14)16-12-6-11(15)17-13(18-12)21-3/h4-6H,1-3H3,(H,16,17,18). The summed E-state index contributed by atoms with van der Waals surface area (Å²) in [7, 11) is 3.11. The minimum atomic E-state index is 0.357. The Balaban J connectivity index is 2.39. The topological polar surface area (TPSA) is 56.3 Å². The van der Waals surface area contributed by atoms with Crippen LogP contribution in [0.25, 0.3) is 0 Å². The predicted molar refractivity (Wildman–Crippen MR) is 86.7 cm³/mol. The van der Waals surface area contributed by atoms with E-state index in [0.717, 1.165) is 0 Å². The molecule has 5 nitrogen and oxygen atoms in total. The molecule has 0 bridgehead atoms. The molecule has 1 aromatic heterocycles. The van der Waals surface area contributed by atoms with Crippen LogP contribution in [0.1, 0.15) is 0 Å². The summed E-state index contributed by atoms with van der Waals surface area (Å²) in [6.07, 6.45) is 1.88. The molecule has 2 rings (SSSR count). The summed E-state index contributed by atoms with van der Waals surface area (Å²) in [6, 6.07) is 5.02. The Morgan fingerprint density at radius 2 is 1.76 bits per heavy atom. The molecule has 0 saturated carbocycles.